The zero-order valence-corrected chi connectivity index (χ0v) is 12.1. The lowest BCUT2D eigenvalue weighted by molar-refractivity contribution is -0.789. The number of nitrogens with zero attached hydrogens (tertiary/aromatic N) is 2. The highest BCUT2D eigenvalue weighted by atomic mass is 17.0. The summed E-state index contributed by atoms with van der Waals surface area (Å²) < 4.78 is 0. The molecule has 120 valence electrons. The molecule has 0 aliphatic carbocycles. The maximum Gasteiger partial charge on any atom is 0.294 e. The highest BCUT2D eigenvalue weighted by molar-refractivity contribution is 5.97. The number of hydrogen-bond acceptors (Lipinski definition) is 7. The van der Waals surface area contributed by atoms with Crippen molar-refractivity contribution in [3.63, 3.8) is 0 Å². The van der Waals surface area contributed by atoms with Crippen molar-refractivity contribution >= 4 is 5.78 Å². The van der Waals surface area contributed by atoms with Crippen molar-refractivity contribution in [1.82, 2.24) is 0 Å². The van der Waals surface area contributed by atoms with Gasteiger partial charge in [-0.15, -0.1) is 20.2 Å². The molecule has 9 nitrogen and oxygen atoms in total. The minimum Gasteiger partial charge on any atom is -0.312 e. The Morgan fingerprint density at radius 3 is 2.18 bits per heavy atom. The van der Waals surface area contributed by atoms with Gasteiger partial charge in [0.05, 0.1) is 0 Å². The monoisotopic (exact) mass is 312 g/mol. The van der Waals surface area contributed by atoms with Crippen molar-refractivity contribution in [2.24, 2.45) is 5.92 Å². The lowest BCUT2D eigenvalue weighted by Gasteiger charge is -2.14. The van der Waals surface area contributed by atoms with E-state index in [1.165, 1.54) is 0 Å². The van der Waals surface area contributed by atoms with Crippen LogP contribution in [0.4, 0.5) is 0 Å². The summed E-state index contributed by atoms with van der Waals surface area (Å²) in [4.78, 5) is 40.8. The van der Waals surface area contributed by atoms with Gasteiger partial charge in [0.25, 0.3) is 10.2 Å². The molecule has 0 aliphatic rings. The highest BCUT2D eigenvalue weighted by Gasteiger charge is 2.17. The summed E-state index contributed by atoms with van der Waals surface area (Å²) in [7, 11) is 0. The molecular weight excluding hydrogens is 296 g/mol. The predicted molar refractivity (Wildman–Crippen MR) is 74.1 cm³/mol. The molecular formula is C13H16N2O7. The Bertz CT molecular complexity index is 542. The fourth-order valence-corrected chi connectivity index (χ4v) is 1.79. The molecule has 0 saturated heterocycles. The average molecular weight is 312 g/mol. The Morgan fingerprint density at radius 1 is 1.14 bits per heavy atom. The number of carbonyl (C=O) groups excluding carboxylic acids is 1. The van der Waals surface area contributed by atoms with Gasteiger partial charge in [-0.2, -0.15) is 0 Å². The van der Waals surface area contributed by atoms with Gasteiger partial charge in [0.15, 0.2) is 5.78 Å². The van der Waals surface area contributed by atoms with Gasteiger partial charge in [0.2, 0.25) is 0 Å². The van der Waals surface area contributed by atoms with Crippen LogP contribution in [0.5, 0.6) is 0 Å². The molecule has 9 heteroatoms. The van der Waals surface area contributed by atoms with Gasteiger partial charge in [-0.1, -0.05) is 38.1 Å². The van der Waals surface area contributed by atoms with Crippen LogP contribution in [0.2, 0.25) is 0 Å². The smallest absolute Gasteiger partial charge is 0.294 e. The van der Waals surface area contributed by atoms with Crippen molar-refractivity contribution in [3.8, 4) is 0 Å². The van der Waals surface area contributed by atoms with Crippen molar-refractivity contribution in [1.29, 1.82) is 0 Å². The Labute approximate surface area is 126 Å². The third kappa shape index (κ3) is 5.73. The third-order valence-corrected chi connectivity index (χ3v) is 2.83. The molecule has 0 aliphatic heterocycles. The zero-order chi connectivity index (χ0) is 16.7. The fourth-order valence-electron chi connectivity index (χ4n) is 1.79. The number of rotatable bonds is 9. The van der Waals surface area contributed by atoms with Crippen molar-refractivity contribution in [2.45, 2.75) is 26.4 Å². The van der Waals surface area contributed by atoms with E-state index >= 15 is 0 Å². The molecule has 0 saturated carbocycles. The topological polar surface area (TPSA) is 122 Å². The minimum atomic E-state index is -1.10. The largest absolute Gasteiger partial charge is 0.312 e. The van der Waals surface area contributed by atoms with Gasteiger partial charge in [0.1, 0.15) is 12.7 Å². The Hall–Kier alpha value is -2.71. The molecule has 0 amide bonds. The standard InChI is InChI=1S/C13H16N2O7/c1-9(2)13(16)11-5-3-10(4-6-11)7-12(22-15(19)20)8-21-14(17)18/h3-6,9,12H,7-8H2,1-2H3. The number of benzene rings is 1. The zero-order valence-electron chi connectivity index (χ0n) is 12.1. The van der Waals surface area contributed by atoms with E-state index in [1.54, 1.807) is 38.1 Å². The van der Waals surface area contributed by atoms with E-state index in [9.17, 15) is 25.0 Å². The second kappa shape index (κ2) is 7.91. The molecule has 1 aromatic carbocycles. The minimum absolute atomic E-state index is 0.0127. The second-order valence-electron chi connectivity index (χ2n) is 4.89. The molecule has 1 atom stereocenters. The first-order valence-corrected chi connectivity index (χ1v) is 6.51. The van der Waals surface area contributed by atoms with Crippen molar-refractivity contribution in [3.05, 3.63) is 55.6 Å². The lowest BCUT2D eigenvalue weighted by Crippen LogP contribution is -2.26. The average Bonchev–Trinajstić information content (AvgIpc) is 2.44. The maximum atomic E-state index is 11.8. The van der Waals surface area contributed by atoms with Crippen LogP contribution in [0.15, 0.2) is 24.3 Å². The van der Waals surface area contributed by atoms with Crippen LogP contribution in [-0.4, -0.2) is 28.7 Å². The molecule has 1 aromatic rings. The van der Waals surface area contributed by atoms with Crippen LogP contribution < -0.4 is 0 Å². The highest BCUT2D eigenvalue weighted by Crippen LogP contribution is 2.13. The normalized spacial score (nSPS) is 11.8. The first-order chi connectivity index (χ1) is 10.3. The van der Waals surface area contributed by atoms with Crippen LogP contribution in [0, 0.1) is 26.1 Å². The molecule has 0 aromatic heterocycles. The molecule has 1 unspecified atom stereocenters. The molecule has 0 fully saturated rings. The van der Waals surface area contributed by atoms with Crippen LogP contribution in [0.25, 0.3) is 0 Å². The fraction of sp³-hybridized carbons (Fsp3) is 0.462. The van der Waals surface area contributed by atoms with Gasteiger partial charge in [-0.25, -0.2) is 0 Å². The number of Topliss-reactive ketones (excluding diaryl/α,β-unsaturated/α-hetero) is 1. The van der Waals surface area contributed by atoms with Gasteiger partial charge in [-0.05, 0) is 5.56 Å². The Morgan fingerprint density at radius 2 is 1.73 bits per heavy atom. The molecule has 0 radical (unpaired) electrons. The summed E-state index contributed by atoms with van der Waals surface area (Å²) in [5.41, 5.74) is 1.17. The summed E-state index contributed by atoms with van der Waals surface area (Å²) in [5, 5.41) is 18.5. The SMILES string of the molecule is CC(C)C(=O)c1ccc(CC(CO[N+](=O)[O-])O[N+](=O)[O-])cc1. The summed E-state index contributed by atoms with van der Waals surface area (Å²) >= 11 is 0. The van der Waals surface area contributed by atoms with Gasteiger partial charge in [0, 0.05) is 17.9 Å². The first-order valence-electron chi connectivity index (χ1n) is 6.51. The first kappa shape index (κ1) is 17.3. The van der Waals surface area contributed by atoms with Crippen LogP contribution in [-0.2, 0) is 16.1 Å². The molecule has 1 rings (SSSR count). The van der Waals surface area contributed by atoms with E-state index in [0.29, 0.717) is 11.1 Å². The van der Waals surface area contributed by atoms with E-state index in [1.807, 2.05) is 0 Å². The van der Waals surface area contributed by atoms with E-state index in [-0.39, 0.29) is 18.1 Å². The molecule has 0 bridgehead atoms. The molecule has 0 spiro atoms. The third-order valence-electron chi connectivity index (χ3n) is 2.83. The predicted octanol–water partition coefficient (Wildman–Crippen LogP) is 1.85. The number of carbonyl (C=O) groups is 1. The second-order valence-corrected chi connectivity index (χ2v) is 4.89. The molecule has 0 heterocycles. The number of ketones is 1. The molecule has 22 heavy (non-hydrogen) atoms. The summed E-state index contributed by atoms with van der Waals surface area (Å²) in [6.07, 6.45) is -1.06. The van der Waals surface area contributed by atoms with Gasteiger partial charge < -0.3 is 9.68 Å². The molecule has 0 N–H and O–H groups in total. The van der Waals surface area contributed by atoms with E-state index < -0.39 is 22.9 Å². The van der Waals surface area contributed by atoms with E-state index in [2.05, 4.69) is 9.68 Å². The van der Waals surface area contributed by atoms with Crippen molar-refractivity contribution in [2.75, 3.05) is 6.61 Å². The van der Waals surface area contributed by atoms with E-state index in [4.69, 9.17) is 0 Å². The van der Waals surface area contributed by atoms with Crippen LogP contribution in [0.3, 0.4) is 0 Å². The van der Waals surface area contributed by atoms with Gasteiger partial charge >= 0.3 is 0 Å². The summed E-state index contributed by atoms with van der Waals surface area (Å²) in [5.74, 6) is -0.147. The Kier molecular flexibility index (Phi) is 6.24. The number of hydrogen-bond donors (Lipinski definition) is 0. The van der Waals surface area contributed by atoms with Crippen molar-refractivity contribution < 1.29 is 24.6 Å². The van der Waals surface area contributed by atoms with Gasteiger partial charge in [-0.3, -0.25) is 4.79 Å². The Balaban J connectivity index is 2.73. The lowest BCUT2D eigenvalue weighted by atomic mass is 9.99. The van der Waals surface area contributed by atoms with Crippen LogP contribution in [0.1, 0.15) is 29.8 Å². The maximum absolute atomic E-state index is 11.8. The quantitative estimate of drug-likeness (QED) is 0.387. The summed E-state index contributed by atoms with van der Waals surface area (Å²) in [6, 6.07) is 6.46. The van der Waals surface area contributed by atoms with Crippen LogP contribution >= 0.6 is 0 Å². The van der Waals surface area contributed by atoms with E-state index in [0.717, 1.165) is 0 Å². The summed E-state index contributed by atoms with van der Waals surface area (Å²) in [6.45, 7) is 3.01.